The van der Waals surface area contributed by atoms with Crippen molar-refractivity contribution < 1.29 is 13.5 Å². The second-order valence-corrected chi connectivity index (χ2v) is 8.20. The molecule has 2 saturated carbocycles. The van der Waals surface area contributed by atoms with Crippen molar-refractivity contribution in [2.75, 3.05) is 12.4 Å². The number of nitrogens with one attached hydrogen (secondary N) is 1. The Labute approximate surface area is 110 Å². The number of rotatable bonds is 6. The molecule has 2 rings (SSSR count). The topological polar surface area (TPSA) is 66.4 Å². The highest BCUT2D eigenvalue weighted by Gasteiger charge is 2.48. The van der Waals surface area contributed by atoms with Crippen molar-refractivity contribution in [3.8, 4) is 0 Å². The first kappa shape index (κ1) is 14.3. The molecular formula is C13H25NO3S. The molecule has 4 atom stereocenters. The van der Waals surface area contributed by atoms with E-state index in [9.17, 15) is 13.5 Å². The van der Waals surface area contributed by atoms with Crippen LogP contribution in [0.25, 0.3) is 0 Å². The summed E-state index contributed by atoms with van der Waals surface area (Å²) >= 11 is 0. The van der Waals surface area contributed by atoms with Crippen molar-refractivity contribution in [1.82, 2.24) is 4.72 Å². The van der Waals surface area contributed by atoms with E-state index < -0.39 is 10.0 Å². The third-order valence-electron chi connectivity index (χ3n) is 4.58. The number of hydrogen-bond acceptors (Lipinski definition) is 3. The van der Waals surface area contributed by atoms with Crippen molar-refractivity contribution in [2.24, 2.45) is 23.7 Å². The Balaban J connectivity index is 1.96. The fraction of sp³-hybridized carbons (Fsp3) is 1.00. The lowest BCUT2D eigenvalue weighted by Crippen LogP contribution is -2.46. The summed E-state index contributed by atoms with van der Waals surface area (Å²) in [6.07, 6.45) is 4.04. The molecule has 0 radical (unpaired) electrons. The Hall–Kier alpha value is -0.130. The average molecular weight is 275 g/mol. The van der Waals surface area contributed by atoms with Crippen LogP contribution in [-0.4, -0.2) is 31.9 Å². The normalized spacial score (nSPS) is 35.6. The third-order valence-corrected chi connectivity index (χ3v) is 5.98. The monoisotopic (exact) mass is 275 g/mol. The zero-order valence-electron chi connectivity index (χ0n) is 11.3. The van der Waals surface area contributed by atoms with Gasteiger partial charge in [0.1, 0.15) is 0 Å². The third kappa shape index (κ3) is 3.06. The van der Waals surface area contributed by atoms with E-state index in [4.69, 9.17) is 0 Å². The molecule has 0 aromatic rings. The van der Waals surface area contributed by atoms with Gasteiger partial charge in [0.2, 0.25) is 10.0 Å². The SMILES string of the molecule is CC(C)CCS(=O)(=O)NC1C2CCC(C2)C1CO. The van der Waals surface area contributed by atoms with Crippen LogP contribution >= 0.6 is 0 Å². The zero-order valence-corrected chi connectivity index (χ0v) is 12.1. The molecule has 0 aromatic heterocycles. The molecule has 0 saturated heterocycles. The molecule has 4 unspecified atom stereocenters. The molecule has 5 heteroatoms. The summed E-state index contributed by atoms with van der Waals surface area (Å²) < 4.78 is 26.9. The van der Waals surface area contributed by atoms with E-state index in [1.54, 1.807) is 0 Å². The molecule has 4 nitrogen and oxygen atoms in total. The molecule has 106 valence electrons. The summed E-state index contributed by atoms with van der Waals surface area (Å²) in [7, 11) is -3.19. The quantitative estimate of drug-likeness (QED) is 0.769. The fourth-order valence-corrected chi connectivity index (χ4v) is 5.20. The van der Waals surface area contributed by atoms with Crippen LogP contribution in [0.2, 0.25) is 0 Å². The molecule has 2 bridgehead atoms. The second-order valence-electron chi connectivity index (χ2n) is 6.32. The average Bonchev–Trinajstić information content (AvgIpc) is 2.86. The molecule has 2 N–H and O–H groups in total. The van der Waals surface area contributed by atoms with E-state index in [0.717, 1.165) is 19.3 Å². The van der Waals surface area contributed by atoms with Crippen molar-refractivity contribution in [3.63, 3.8) is 0 Å². The highest BCUT2D eigenvalue weighted by Crippen LogP contribution is 2.48. The minimum atomic E-state index is -3.19. The van der Waals surface area contributed by atoms with Crippen LogP contribution < -0.4 is 4.72 Å². The van der Waals surface area contributed by atoms with E-state index in [1.165, 1.54) is 0 Å². The van der Waals surface area contributed by atoms with Gasteiger partial charge in [0.15, 0.2) is 0 Å². The lowest BCUT2D eigenvalue weighted by atomic mass is 9.86. The Bertz CT molecular complexity index is 380. The maximum absolute atomic E-state index is 12.0. The summed E-state index contributed by atoms with van der Waals surface area (Å²) in [4.78, 5) is 0. The minimum Gasteiger partial charge on any atom is -0.396 e. The number of sulfonamides is 1. The predicted octanol–water partition coefficient (Wildman–Crippen LogP) is 1.36. The number of hydrogen-bond donors (Lipinski definition) is 2. The maximum atomic E-state index is 12.0. The Morgan fingerprint density at radius 2 is 1.94 bits per heavy atom. The second kappa shape index (κ2) is 5.47. The Morgan fingerprint density at radius 1 is 1.28 bits per heavy atom. The number of aliphatic hydroxyl groups is 1. The first-order valence-corrected chi connectivity index (χ1v) is 8.69. The van der Waals surface area contributed by atoms with Gasteiger partial charge in [-0.2, -0.15) is 0 Å². The highest BCUT2D eigenvalue weighted by molar-refractivity contribution is 7.89. The first-order valence-electron chi connectivity index (χ1n) is 7.04. The van der Waals surface area contributed by atoms with Gasteiger partial charge >= 0.3 is 0 Å². The van der Waals surface area contributed by atoms with Crippen molar-refractivity contribution in [3.05, 3.63) is 0 Å². The Morgan fingerprint density at radius 3 is 2.56 bits per heavy atom. The van der Waals surface area contributed by atoms with Gasteiger partial charge in [-0.05, 0) is 43.4 Å². The molecular weight excluding hydrogens is 250 g/mol. The lowest BCUT2D eigenvalue weighted by Gasteiger charge is -2.30. The van der Waals surface area contributed by atoms with Crippen molar-refractivity contribution >= 4 is 10.0 Å². The van der Waals surface area contributed by atoms with Crippen LogP contribution in [-0.2, 0) is 10.0 Å². The molecule has 0 heterocycles. The molecule has 0 aliphatic heterocycles. The predicted molar refractivity (Wildman–Crippen MR) is 71.6 cm³/mol. The van der Waals surface area contributed by atoms with Crippen LogP contribution in [0.5, 0.6) is 0 Å². The van der Waals surface area contributed by atoms with Gasteiger partial charge in [-0.3, -0.25) is 0 Å². The van der Waals surface area contributed by atoms with Crippen molar-refractivity contribution in [1.29, 1.82) is 0 Å². The maximum Gasteiger partial charge on any atom is 0.211 e. The largest absolute Gasteiger partial charge is 0.396 e. The van der Waals surface area contributed by atoms with Gasteiger partial charge in [0, 0.05) is 18.6 Å². The van der Waals surface area contributed by atoms with Crippen LogP contribution in [0.4, 0.5) is 0 Å². The van der Waals surface area contributed by atoms with E-state index >= 15 is 0 Å². The van der Waals surface area contributed by atoms with Crippen LogP contribution in [0, 0.1) is 23.7 Å². The summed E-state index contributed by atoms with van der Waals surface area (Å²) in [6.45, 7) is 4.17. The van der Waals surface area contributed by atoms with E-state index in [1.807, 2.05) is 13.8 Å². The van der Waals surface area contributed by atoms with Gasteiger partial charge < -0.3 is 5.11 Å². The molecule has 2 aliphatic rings. The van der Waals surface area contributed by atoms with Gasteiger partial charge in [0.25, 0.3) is 0 Å². The van der Waals surface area contributed by atoms with Crippen LogP contribution in [0.3, 0.4) is 0 Å². The molecule has 2 aliphatic carbocycles. The standard InChI is InChI=1S/C13H25NO3S/c1-9(2)5-6-18(16,17)14-13-11-4-3-10(7-11)12(13)8-15/h9-15H,3-8H2,1-2H3. The van der Waals surface area contributed by atoms with Gasteiger partial charge in [0.05, 0.1) is 5.75 Å². The first-order chi connectivity index (χ1) is 8.43. The molecule has 18 heavy (non-hydrogen) atoms. The van der Waals surface area contributed by atoms with E-state index in [-0.39, 0.29) is 24.3 Å². The summed E-state index contributed by atoms with van der Waals surface area (Å²) in [5, 5.41) is 9.44. The van der Waals surface area contributed by atoms with Crippen molar-refractivity contribution in [2.45, 2.75) is 45.6 Å². The number of aliphatic hydroxyl groups excluding tert-OH is 1. The van der Waals surface area contributed by atoms with E-state index in [2.05, 4.69) is 4.72 Å². The lowest BCUT2D eigenvalue weighted by molar-refractivity contribution is 0.153. The summed E-state index contributed by atoms with van der Waals surface area (Å²) in [5.74, 6) is 1.71. The Kier molecular flexibility index (Phi) is 4.34. The van der Waals surface area contributed by atoms with E-state index in [0.29, 0.717) is 24.2 Å². The highest BCUT2D eigenvalue weighted by atomic mass is 32.2. The summed E-state index contributed by atoms with van der Waals surface area (Å²) in [5.41, 5.74) is 0. The minimum absolute atomic E-state index is 0.0223. The zero-order chi connectivity index (χ0) is 13.3. The van der Waals surface area contributed by atoms with Gasteiger partial charge in [-0.15, -0.1) is 0 Å². The fourth-order valence-electron chi connectivity index (χ4n) is 3.51. The molecule has 0 spiro atoms. The van der Waals surface area contributed by atoms with Crippen LogP contribution in [0.1, 0.15) is 39.5 Å². The molecule has 0 amide bonds. The number of fused-ring (bicyclic) bond motifs is 2. The summed E-state index contributed by atoms with van der Waals surface area (Å²) in [6, 6.07) is -0.0223. The van der Waals surface area contributed by atoms with Crippen LogP contribution in [0.15, 0.2) is 0 Å². The molecule has 0 aromatic carbocycles. The van der Waals surface area contributed by atoms with Gasteiger partial charge in [-0.1, -0.05) is 13.8 Å². The molecule has 2 fully saturated rings. The van der Waals surface area contributed by atoms with Gasteiger partial charge in [-0.25, -0.2) is 13.1 Å². The smallest absolute Gasteiger partial charge is 0.211 e.